The number of carbonyl (C=O) groups excluding carboxylic acids is 1. The molecule has 0 radical (unpaired) electrons. The summed E-state index contributed by atoms with van der Waals surface area (Å²) in [6.45, 7) is 6.17. The van der Waals surface area contributed by atoms with E-state index in [9.17, 15) is 4.79 Å². The number of hydrogen-bond acceptors (Lipinski definition) is 3. The van der Waals surface area contributed by atoms with Crippen molar-refractivity contribution >= 4 is 12.0 Å². The minimum atomic E-state index is 0.0602. The highest BCUT2D eigenvalue weighted by molar-refractivity contribution is 5.97. The largest absolute Gasteiger partial charge is 0.496 e. The van der Waals surface area contributed by atoms with Gasteiger partial charge in [-0.1, -0.05) is 54.1 Å². The highest BCUT2D eigenvalue weighted by Gasteiger charge is 2.23. The van der Waals surface area contributed by atoms with Crippen LogP contribution >= 0.6 is 0 Å². The summed E-state index contributed by atoms with van der Waals surface area (Å²) in [5.41, 5.74) is 2.94. The van der Waals surface area contributed by atoms with Gasteiger partial charge in [0.2, 0.25) is 0 Å². The van der Waals surface area contributed by atoms with Gasteiger partial charge in [-0.2, -0.15) is 0 Å². The van der Waals surface area contributed by atoms with E-state index in [1.165, 1.54) is 5.56 Å². The number of nitrogens with zero attached hydrogens (tertiary/aromatic N) is 2. The monoisotopic (exact) mass is 350 g/mol. The fourth-order valence-corrected chi connectivity index (χ4v) is 3.19. The van der Waals surface area contributed by atoms with Gasteiger partial charge in [-0.25, -0.2) is 0 Å². The maximum Gasteiger partial charge on any atom is 0.257 e. The van der Waals surface area contributed by atoms with E-state index >= 15 is 0 Å². The Morgan fingerprint density at radius 1 is 1.08 bits per heavy atom. The fourth-order valence-electron chi connectivity index (χ4n) is 3.19. The maximum absolute atomic E-state index is 12.9. The lowest BCUT2D eigenvalue weighted by atomic mass is 10.1. The van der Waals surface area contributed by atoms with Crippen LogP contribution in [-0.2, 0) is 0 Å². The fraction of sp³-hybridized carbons (Fsp3) is 0.318. The van der Waals surface area contributed by atoms with Gasteiger partial charge in [0.05, 0.1) is 12.7 Å². The van der Waals surface area contributed by atoms with Crippen molar-refractivity contribution in [2.45, 2.75) is 6.92 Å². The average Bonchev–Trinajstić information content (AvgIpc) is 2.69. The van der Waals surface area contributed by atoms with Crippen molar-refractivity contribution in [1.82, 2.24) is 9.80 Å². The van der Waals surface area contributed by atoms with E-state index < -0.39 is 0 Å². The summed E-state index contributed by atoms with van der Waals surface area (Å²) in [5.74, 6) is 0.707. The van der Waals surface area contributed by atoms with E-state index in [1.54, 1.807) is 7.11 Å². The summed E-state index contributed by atoms with van der Waals surface area (Å²) >= 11 is 0. The summed E-state index contributed by atoms with van der Waals surface area (Å²) in [6, 6.07) is 16.1. The molecule has 3 rings (SSSR count). The molecule has 4 heteroatoms. The Labute approximate surface area is 155 Å². The number of benzene rings is 2. The summed E-state index contributed by atoms with van der Waals surface area (Å²) in [6.07, 6.45) is 4.34. The second-order valence-electron chi connectivity index (χ2n) is 6.61. The van der Waals surface area contributed by atoms with Gasteiger partial charge < -0.3 is 9.64 Å². The third kappa shape index (κ3) is 4.52. The van der Waals surface area contributed by atoms with Crippen LogP contribution in [0.15, 0.2) is 54.6 Å². The summed E-state index contributed by atoms with van der Waals surface area (Å²) < 4.78 is 5.36. The minimum Gasteiger partial charge on any atom is -0.496 e. The smallest absolute Gasteiger partial charge is 0.257 e. The molecule has 2 aromatic carbocycles. The molecule has 0 aromatic heterocycles. The number of methoxy groups -OCH3 is 1. The van der Waals surface area contributed by atoms with Gasteiger partial charge in [0.25, 0.3) is 5.91 Å². The molecule has 0 unspecified atom stereocenters. The second-order valence-corrected chi connectivity index (χ2v) is 6.61. The second kappa shape index (κ2) is 8.68. The topological polar surface area (TPSA) is 32.8 Å². The van der Waals surface area contributed by atoms with Crippen molar-refractivity contribution in [3.8, 4) is 5.75 Å². The number of hydrogen-bond donors (Lipinski definition) is 0. The Hall–Kier alpha value is -2.59. The van der Waals surface area contributed by atoms with Crippen LogP contribution in [-0.4, -0.2) is 55.5 Å². The van der Waals surface area contributed by atoms with Crippen molar-refractivity contribution in [1.29, 1.82) is 0 Å². The highest BCUT2D eigenvalue weighted by Crippen LogP contribution is 2.22. The molecular weight excluding hydrogens is 324 g/mol. The molecule has 136 valence electrons. The SMILES string of the molecule is COc1ccc(C)cc1C(=O)N1CCN(CC=Cc2ccccc2)CC1. The molecule has 0 N–H and O–H groups in total. The molecule has 0 spiro atoms. The zero-order chi connectivity index (χ0) is 18.4. The van der Waals surface area contributed by atoms with Crippen LogP contribution in [0.1, 0.15) is 21.5 Å². The number of ether oxygens (including phenoxy) is 1. The van der Waals surface area contributed by atoms with E-state index in [2.05, 4.69) is 29.2 Å². The maximum atomic E-state index is 12.9. The molecule has 1 saturated heterocycles. The quantitative estimate of drug-likeness (QED) is 0.828. The van der Waals surface area contributed by atoms with Gasteiger partial charge in [0, 0.05) is 32.7 Å². The van der Waals surface area contributed by atoms with E-state index in [0.29, 0.717) is 11.3 Å². The molecule has 0 saturated carbocycles. The first-order valence-electron chi connectivity index (χ1n) is 9.05. The number of aryl methyl sites for hydroxylation is 1. The number of rotatable bonds is 5. The van der Waals surface area contributed by atoms with Crippen molar-refractivity contribution in [3.63, 3.8) is 0 Å². The number of piperazine rings is 1. The van der Waals surface area contributed by atoms with Gasteiger partial charge in [0.15, 0.2) is 0 Å². The molecule has 0 atom stereocenters. The Morgan fingerprint density at radius 3 is 2.50 bits per heavy atom. The Bertz CT molecular complexity index is 763. The molecule has 4 nitrogen and oxygen atoms in total. The third-order valence-corrected chi connectivity index (χ3v) is 4.72. The summed E-state index contributed by atoms with van der Waals surface area (Å²) in [4.78, 5) is 17.1. The first kappa shape index (κ1) is 18.2. The highest BCUT2D eigenvalue weighted by atomic mass is 16.5. The van der Waals surface area contributed by atoms with Crippen LogP contribution in [0.5, 0.6) is 5.75 Å². The lowest BCUT2D eigenvalue weighted by Gasteiger charge is -2.34. The minimum absolute atomic E-state index is 0.0602. The molecule has 1 amide bonds. The first-order chi connectivity index (χ1) is 12.7. The zero-order valence-electron chi connectivity index (χ0n) is 15.5. The van der Waals surface area contributed by atoms with Gasteiger partial charge in [-0.3, -0.25) is 9.69 Å². The molecule has 1 aliphatic heterocycles. The van der Waals surface area contributed by atoms with Crippen molar-refractivity contribution in [3.05, 3.63) is 71.3 Å². The van der Waals surface area contributed by atoms with Crippen LogP contribution in [0.25, 0.3) is 6.08 Å². The molecule has 1 heterocycles. The zero-order valence-corrected chi connectivity index (χ0v) is 15.5. The molecular formula is C22H26N2O2. The van der Waals surface area contributed by atoms with Crippen LogP contribution < -0.4 is 4.74 Å². The average molecular weight is 350 g/mol. The van der Waals surface area contributed by atoms with Crippen molar-refractivity contribution in [2.24, 2.45) is 0 Å². The van der Waals surface area contributed by atoms with E-state index in [4.69, 9.17) is 4.74 Å². The molecule has 0 aliphatic carbocycles. The van der Waals surface area contributed by atoms with Crippen LogP contribution in [0.3, 0.4) is 0 Å². The predicted octanol–water partition coefficient (Wildman–Crippen LogP) is 3.47. The van der Waals surface area contributed by atoms with E-state index in [-0.39, 0.29) is 5.91 Å². The summed E-state index contributed by atoms with van der Waals surface area (Å²) in [5, 5.41) is 0. The Morgan fingerprint density at radius 2 is 1.81 bits per heavy atom. The van der Waals surface area contributed by atoms with Crippen LogP contribution in [0.2, 0.25) is 0 Å². The molecule has 1 aliphatic rings. The van der Waals surface area contributed by atoms with Crippen LogP contribution in [0.4, 0.5) is 0 Å². The predicted molar refractivity (Wildman–Crippen MR) is 106 cm³/mol. The Balaban J connectivity index is 1.54. The Kier molecular flexibility index (Phi) is 6.08. The molecule has 0 bridgehead atoms. The van der Waals surface area contributed by atoms with Gasteiger partial charge in [0.1, 0.15) is 5.75 Å². The standard InChI is InChI=1S/C22H26N2O2/c1-18-10-11-21(26-2)20(17-18)22(25)24-15-13-23(14-16-24)12-6-9-19-7-4-3-5-8-19/h3-11,17H,12-16H2,1-2H3. The van der Waals surface area contributed by atoms with E-state index in [0.717, 1.165) is 38.3 Å². The summed E-state index contributed by atoms with van der Waals surface area (Å²) in [7, 11) is 1.61. The molecule has 26 heavy (non-hydrogen) atoms. The normalized spacial score (nSPS) is 15.4. The number of carbonyl (C=O) groups is 1. The van der Waals surface area contributed by atoms with Gasteiger partial charge in [-0.05, 0) is 24.6 Å². The number of amides is 1. The van der Waals surface area contributed by atoms with Gasteiger partial charge in [-0.15, -0.1) is 0 Å². The van der Waals surface area contributed by atoms with Crippen molar-refractivity contribution < 1.29 is 9.53 Å². The first-order valence-corrected chi connectivity index (χ1v) is 9.05. The molecule has 2 aromatic rings. The van der Waals surface area contributed by atoms with Gasteiger partial charge >= 0.3 is 0 Å². The lowest BCUT2D eigenvalue weighted by molar-refractivity contribution is 0.0647. The van der Waals surface area contributed by atoms with Crippen molar-refractivity contribution in [2.75, 3.05) is 39.8 Å². The lowest BCUT2D eigenvalue weighted by Crippen LogP contribution is -2.48. The molecule has 1 fully saturated rings. The third-order valence-electron chi connectivity index (χ3n) is 4.72. The van der Waals surface area contributed by atoms with E-state index in [1.807, 2.05) is 48.2 Å². The van der Waals surface area contributed by atoms with Crippen LogP contribution in [0, 0.1) is 6.92 Å².